The summed E-state index contributed by atoms with van der Waals surface area (Å²) in [6, 6.07) is 0. The molecule has 0 aromatic heterocycles. The number of morpholine rings is 1. The molecule has 1 unspecified atom stereocenters. The van der Waals surface area contributed by atoms with Crippen molar-refractivity contribution >= 4 is 9.92 Å². The fraction of sp³-hybridized carbons (Fsp3) is 1.00. The second kappa shape index (κ2) is 3.51. The first-order chi connectivity index (χ1) is 5.17. The fourth-order valence-corrected chi connectivity index (χ4v) is 2.06. The van der Waals surface area contributed by atoms with E-state index in [1.165, 1.54) is 0 Å². The molecule has 0 amide bonds. The van der Waals surface area contributed by atoms with Gasteiger partial charge >= 0.3 is 0 Å². The first-order valence-corrected chi connectivity index (χ1v) is 5.48. The van der Waals surface area contributed by atoms with Crippen LogP contribution in [-0.2, 0) is 14.7 Å². The molecule has 1 aliphatic rings. The van der Waals surface area contributed by atoms with E-state index in [9.17, 15) is 4.21 Å². The molecule has 0 N–H and O–H groups in total. The van der Waals surface area contributed by atoms with Gasteiger partial charge < -0.3 is 4.74 Å². The highest BCUT2D eigenvalue weighted by molar-refractivity contribution is 7.90. The van der Waals surface area contributed by atoms with Gasteiger partial charge in [-0.3, -0.25) is 0 Å². The van der Waals surface area contributed by atoms with Gasteiger partial charge in [0, 0.05) is 26.4 Å². The summed E-state index contributed by atoms with van der Waals surface area (Å²) in [4.78, 5) is 0. The third-order valence-electron chi connectivity index (χ3n) is 1.79. The molecular formula is C6H14N2O2S. The van der Waals surface area contributed by atoms with Gasteiger partial charge in [0.2, 0.25) is 0 Å². The number of nitrogens with zero attached hydrogens (tertiary/aromatic N) is 2. The maximum absolute atomic E-state index is 11.6. The van der Waals surface area contributed by atoms with Crippen molar-refractivity contribution in [3.8, 4) is 0 Å². The highest BCUT2D eigenvalue weighted by Crippen LogP contribution is 2.04. The van der Waals surface area contributed by atoms with Crippen LogP contribution < -0.4 is 0 Å². The average Bonchev–Trinajstić information content (AvgIpc) is 2.06. The quantitative estimate of drug-likeness (QED) is 0.565. The van der Waals surface area contributed by atoms with Crippen LogP contribution in [0.4, 0.5) is 0 Å². The van der Waals surface area contributed by atoms with Crippen molar-refractivity contribution in [2.24, 2.45) is 4.36 Å². The third kappa shape index (κ3) is 2.15. The predicted octanol–water partition coefficient (Wildman–Crippen LogP) is -0.0388. The molecule has 0 spiro atoms. The number of rotatable bonds is 1. The topological polar surface area (TPSA) is 41.9 Å². The van der Waals surface area contributed by atoms with Crippen LogP contribution in [0, 0.1) is 0 Å². The van der Waals surface area contributed by atoms with Crippen molar-refractivity contribution < 1.29 is 8.95 Å². The normalized spacial score (nSPS) is 26.0. The number of hydrogen-bond acceptors (Lipinski definition) is 3. The average molecular weight is 178 g/mol. The Bertz CT molecular complexity index is 227. The summed E-state index contributed by atoms with van der Waals surface area (Å²) in [6.45, 7) is 2.79. The maximum atomic E-state index is 11.6. The van der Waals surface area contributed by atoms with E-state index in [1.807, 2.05) is 4.31 Å². The molecule has 0 aromatic rings. The molecule has 1 aliphatic heterocycles. The molecule has 66 valence electrons. The SMILES string of the molecule is CN=S(C)(=O)N1CCOCC1. The summed E-state index contributed by atoms with van der Waals surface area (Å²) in [7, 11) is -0.498. The summed E-state index contributed by atoms with van der Waals surface area (Å²) >= 11 is 0. The van der Waals surface area contributed by atoms with E-state index in [2.05, 4.69) is 4.36 Å². The van der Waals surface area contributed by atoms with Gasteiger partial charge in [-0.15, -0.1) is 0 Å². The summed E-state index contributed by atoms with van der Waals surface area (Å²) in [5.41, 5.74) is 0. The molecule has 1 rings (SSSR count). The van der Waals surface area contributed by atoms with Gasteiger partial charge in [0.15, 0.2) is 0 Å². The van der Waals surface area contributed by atoms with Crippen molar-refractivity contribution in [3.63, 3.8) is 0 Å². The van der Waals surface area contributed by atoms with E-state index < -0.39 is 9.92 Å². The Morgan fingerprint density at radius 1 is 1.45 bits per heavy atom. The fourth-order valence-electron chi connectivity index (χ4n) is 1.00. The van der Waals surface area contributed by atoms with Gasteiger partial charge in [-0.05, 0) is 0 Å². The Balaban J connectivity index is 2.66. The Labute approximate surface area is 67.8 Å². The van der Waals surface area contributed by atoms with Gasteiger partial charge in [0.25, 0.3) is 0 Å². The van der Waals surface area contributed by atoms with Crippen molar-refractivity contribution in [2.75, 3.05) is 39.6 Å². The van der Waals surface area contributed by atoms with Crippen molar-refractivity contribution in [3.05, 3.63) is 0 Å². The summed E-state index contributed by atoms with van der Waals surface area (Å²) < 4.78 is 22.5. The largest absolute Gasteiger partial charge is 0.379 e. The van der Waals surface area contributed by atoms with E-state index in [0.717, 1.165) is 13.1 Å². The van der Waals surface area contributed by atoms with E-state index in [1.54, 1.807) is 13.3 Å². The van der Waals surface area contributed by atoms with Crippen LogP contribution >= 0.6 is 0 Å². The Morgan fingerprint density at radius 2 is 2.00 bits per heavy atom. The molecular weight excluding hydrogens is 164 g/mol. The molecule has 0 saturated carbocycles. The minimum atomic E-state index is -2.09. The van der Waals surface area contributed by atoms with Crippen LogP contribution in [0.15, 0.2) is 4.36 Å². The molecule has 0 bridgehead atoms. The zero-order chi connectivity index (χ0) is 8.32. The van der Waals surface area contributed by atoms with E-state index in [-0.39, 0.29) is 0 Å². The second-order valence-corrected chi connectivity index (χ2v) is 4.89. The summed E-state index contributed by atoms with van der Waals surface area (Å²) in [5.74, 6) is 0. The van der Waals surface area contributed by atoms with Gasteiger partial charge in [0.05, 0.1) is 13.2 Å². The van der Waals surface area contributed by atoms with Gasteiger partial charge in [-0.2, -0.15) is 0 Å². The molecule has 5 heteroatoms. The highest BCUT2D eigenvalue weighted by Gasteiger charge is 2.16. The number of ether oxygens (including phenoxy) is 1. The van der Waals surface area contributed by atoms with Crippen LogP contribution in [0.2, 0.25) is 0 Å². The summed E-state index contributed by atoms with van der Waals surface area (Å²) in [5, 5.41) is 0. The van der Waals surface area contributed by atoms with Crippen LogP contribution in [0.1, 0.15) is 0 Å². The van der Waals surface area contributed by atoms with E-state index in [4.69, 9.17) is 4.74 Å². The van der Waals surface area contributed by atoms with Crippen molar-refractivity contribution in [1.82, 2.24) is 4.31 Å². The van der Waals surface area contributed by atoms with Gasteiger partial charge in [0.1, 0.15) is 9.92 Å². The van der Waals surface area contributed by atoms with Gasteiger partial charge in [-0.25, -0.2) is 12.9 Å². The first kappa shape index (κ1) is 8.96. The Morgan fingerprint density at radius 3 is 2.45 bits per heavy atom. The lowest BCUT2D eigenvalue weighted by molar-refractivity contribution is 0.0747. The second-order valence-electron chi connectivity index (χ2n) is 2.49. The molecule has 0 aromatic carbocycles. The summed E-state index contributed by atoms with van der Waals surface area (Å²) in [6.07, 6.45) is 1.66. The zero-order valence-corrected chi connectivity index (χ0v) is 7.76. The molecule has 0 radical (unpaired) electrons. The standard InChI is InChI=1S/C6H14N2O2S/c1-7-11(2,9)8-3-5-10-6-4-8/h3-6H2,1-2H3. The molecule has 1 saturated heterocycles. The minimum absolute atomic E-state index is 0.667. The lowest BCUT2D eigenvalue weighted by atomic mass is 10.5. The lowest BCUT2D eigenvalue weighted by Crippen LogP contribution is -2.39. The first-order valence-electron chi connectivity index (χ1n) is 3.60. The minimum Gasteiger partial charge on any atom is -0.379 e. The Hall–Kier alpha value is -0.130. The lowest BCUT2D eigenvalue weighted by Gasteiger charge is -2.26. The molecule has 1 fully saturated rings. The van der Waals surface area contributed by atoms with E-state index >= 15 is 0 Å². The Kier molecular flexibility index (Phi) is 2.86. The predicted molar refractivity (Wildman–Crippen MR) is 44.8 cm³/mol. The van der Waals surface area contributed by atoms with Crippen LogP contribution in [0.25, 0.3) is 0 Å². The zero-order valence-electron chi connectivity index (χ0n) is 6.95. The van der Waals surface area contributed by atoms with E-state index in [0.29, 0.717) is 13.2 Å². The molecule has 0 aliphatic carbocycles. The van der Waals surface area contributed by atoms with Gasteiger partial charge in [-0.1, -0.05) is 0 Å². The molecule has 1 heterocycles. The highest BCUT2D eigenvalue weighted by atomic mass is 32.2. The van der Waals surface area contributed by atoms with Crippen molar-refractivity contribution in [1.29, 1.82) is 0 Å². The maximum Gasteiger partial charge on any atom is 0.107 e. The number of hydrogen-bond donors (Lipinski definition) is 0. The smallest absolute Gasteiger partial charge is 0.107 e. The van der Waals surface area contributed by atoms with Crippen LogP contribution in [0.5, 0.6) is 0 Å². The molecule has 1 atom stereocenters. The third-order valence-corrected chi connectivity index (χ3v) is 3.79. The molecule has 4 nitrogen and oxygen atoms in total. The van der Waals surface area contributed by atoms with Crippen LogP contribution in [0.3, 0.4) is 0 Å². The van der Waals surface area contributed by atoms with Crippen LogP contribution in [-0.4, -0.2) is 48.1 Å². The monoisotopic (exact) mass is 178 g/mol. The molecule has 11 heavy (non-hydrogen) atoms. The van der Waals surface area contributed by atoms with Crippen molar-refractivity contribution in [2.45, 2.75) is 0 Å².